The molecule has 1 heterocycles. The summed E-state index contributed by atoms with van der Waals surface area (Å²) in [5.74, 6) is 0. The van der Waals surface area contributed by atoms with Crippen molar-refractivity contribution in [2.45, 2.75) is 40.0 Å². The molecule has 0 unspecified atom stereocenters. The van der Waals surface area contributed by atoms with Crippen LogP contribution in [0.2, 0.25) is 10.0 Å². The van der Waals surface area contributed by atoms with Gasteiger partial charge in [-0.25, -0.2) is 0 Å². The van der Waals surface area contributed by atoms with E-state index in [4.69, 9.17) is 23.2 Å². The van der Waals surface area contributed by atoms with Crippen LogP contribution in [0.25, 0.3) is 5.69 Å². The number of aromatic nitrogens is 1. The van der Waals surface area contributed by atoms with Gasteiger partial charge < -0.3 is 0 Å². The molecular weight excluding hydrogens is 369 g/mol. The van der Waals surface area contributed by atoms with Crippen LogP contribution in [0.5, 0.6) is 0 Å². The molecule has 0 radical (unpaired) electrons. The van der Waals surface area contributed by atoms with Gasteiger partial charge in [0.05, 0.1) is 4.88 Å². The van der Waals surface area contributed by atoms with Gasteiger partial charge in [-0.2, -0.15) is 4.57 Å². The van der Waals surface area contributed by atoms with Crippen LogP contribution in [0.15, 0.2) is 41.9 Å². The topological polar surface area (TPSA) is 3.88 Å². The van der Waals surface area contributed by atoms with Gasteiger partial charge in [-0.3, -0.25) is 0 Å². The second-order valence-corrected chi connectivity index (χ2v) is 8.26. The third-order valence-corrected chi connectivity index (χ3v) is 6.02. The SMILES string of the molecule is CCc1ccc(CCc2cc(Cl)cc(Cl)c2)cc1-[n+]1csc(C)c1C. The van der Waals surface area contributed by atoms with E-state index >= 15 is 0 Å². The minimum Gasteiger partial charge on any atom is -0.154 e. The first-order chi connectivity index (χ1) is 12.0. The maximum atomic E-state index is 6.11. The van der Waals surface area contributed by atoms with Crippen LogP contribution < -0.4 is 4.57 Å². The number of halogens is 2. The molecule has 1 aromatic heterocycles. The molecular formula is C21H22Cl2NS+. The highest BCUT2D eigenvalue weighted by atomic mass is 35.5. The van der Waals surface area contributed by atoms with Gasteiger partial charge in [0.2, 0.25) is 11.2 Å². The van der Waals surface area contributed by atoms with Crippen LogP contribution in [-0.2, 0) is 19.3 Å². The van der Waals surface area contributed by atoms with Crippen molar-refractivity contribution in [3.8, 4) is 5.69 Å². The average molecular weight is 391 g/mol. The second-order valence-electron chi connectivity index (χ2n) is 6.33. The molecule has 0 bridgehead atoms. The van der Waals surface area contributed by atoms with Crippen LogP contribution in [-0.4, -0.2) is 0 Å². The summed E-state index contributed by atoms with van der Waals surface area (Å²) in [5.41, 5.74) is 8.71. The van der Waals surface area contributed by atoms with Gasteiger partial charge in [-0.1, -0.05) is 53.6 Å². The lowest BCUT2D eigenvalue weighted by Gasteiger charge is -2.07. The zero-order chi connectivity index (χ0) is 18.0. The molecule has 1 nitrogen and oxygen atoms in total. The molecule has 3 rings (SSSR count). The van der Waals surface area contributed by atoms with Gasteiger partial charge in [-0.15, -0.1) is 0 Å². The van der Waals surface area contributed by atoms with Crippen LogP contribution >= 0.6 is 34.5 Å². The Bertz CT molecular complexity index is 879. The quantitative estimate of drug-likeness (QED) is 0.450. The fourth-order valence-electron chi connectivity index (χ4n) is 3.04. The fraction of sp³-hybridized carbons (Fsp3) is 0.286. The Morgan fingerprint density at radius 2 is 1.60 bits per heavy atom. The van der Waals surface area contributed by atoms with E-state index < -0.39 is 0 Å². The molecule has 0 saturated heterocycles. The summed E-state index contributed by atoms with van der Waals surface area (Å²) < 4.78 is 2.32. The molecule has 3 aromatic rings. The van der Waals surface area contributed by atoms with Crippen LogP contribution in [0.3, 0.4) is 0 Å². The van der Waals surface area contributed by atoms with Crippen molar-refractivity contribution < 1.29 is 4.57 Å². The molecule has 0 atom stereocenters. The van der Waals surface area contributed by atoms with E-state index in [1.807, 2.05) is 12.1 Å². The number of rotatable bonds is 5. The lowest BCUT2D eigenvalue weighted by Crippen LogP contribution is -2.32. The fourth-order valence-corrected chi connectivity index (χ4v) is 4.41. The van der Waals surface area contributed by atoms with Gasteiger partial charge in [0.1, 0.15) is 0 Å². The molecule has 130 valence electrons. The van der Waals surface area contributed by atoms with Crippen molar-refractivity contribution in [3.63, 3.8) is 0 Å². The molecule has 4 heteroatoms. The molecule has 0 aliphatic heterocycles. The van der Waals surface area contributed by atoms with E-state index in [0.717, 1.165) is 19.3 Å². The molecule has 0 aliphatic rings. The molecule has 0 aliphatic carbocycles. The predicted molar refractivity (Wildman–Crippen MR) is 109 cm³/mol. The Kier molecular flexibility index (Phi) is 5.83. The van der Waals surface area contributed by atoms with E-state index in [2.05, 4.69) is 49.0 Å². The largest absolute Gasteiger partial charge is 0.231 e. The Morgan fingerprint density at radius 1 is 0.920 bits per heavy atom. The Labute approximate surface area is 163 Å². The second kappa shape index (κ2) is 7.90. The lowest BCUT2D eigenvalue weighted by atomic mass is 10.0. The highest BCUT2D eigenvalue weighted by molar-refractivity contribution is 7.09. The standard InChI is InChI=1S/C21H22Cl2NS/c1-4-18-8-7-16(5-6-17-9-19(22)12-20(23)10-17)11-21(18)24-13-25-15(3)14(24)2/h7-13H,4-6H2,1-3H3/q+1. The van der Waals surface area contributed by atoms with Crippen LogP contribution in [0, 0.1) is 13.8 Å². The van der Waals surface area contributed by atoms with Crippen molar-refractivity contribution >= 4 is 34.5 Å². The van der Waals surface area contributed by atoms with E-state index in [-0.39, 0.29) is 0 Å². The summed E-state index contributed by atoms with van der Waals surface area (Å²) in [5, 5.41) is 1.40. The van der Waals surface area contributed by atoms with Gasteiger partial charge in [0.15, 0.2) is 5.69 Å². The molecule has 0 N–H and O–H groups in total. The third-order valence-electron chi connectivity index (χ3n) is 4.62. The number of hydrogen-bond acceptors (Lipinski definition) is 1. The van der Waals surface area contributed by atoms with E-state index in [9.17, 15) is 0 Å². The van der Waals surface area contributed by atoms with Crippen molar-refractivity contribution in [2.24, 2.45) is 0 Å². The monoisotopic (exact) mass is 390 g/mol. The summed E-state index contributed by atoms with van der Waals surface area (Å²) in [6.45, 7) is 6.57. The molecule has 0 spiro atoms. The zero-order valence-electron chi connectivity index (χ0n) is 14.8. The normalized spacial score (nSPS) is 11.1. The number of hydrogen-bond donors (Lipinski definition) is 0. The van der Waals surface area contributed by atoms with Crippen molar-refractivity contribution in [3.05, 3.63) is 79.2 Å². The minimum absolute atomic E-state index is 0.699. The van der Waals surface area contributed by atoms with E-state index in [0.29, 0.717) is 10.0 Å². The maximum absolute atomic E-state index is 6.11. The molecule has 0 saturated carbocycles. The number of nitrogens with zero attached hydrogens (tertiary/aromatic N) is 1. The Balaban J connectivity index is 1.88. The zero-order valence-corrected chi connectivity index (χ0v) is 17.1. The highest BCUT2D eigenvalue weighted by Crippen LogP contribution is 2.22. The molecule has 25 heavy (non-hydrogen) atoms. The summed E-state index contributed by atoms with van der Waals surface area (Å²) in [6, 6.07) is 12.6. The van der Waals surface area contributed by atoms with E-state index in [1.165, 1.54) is 32.9 Å². The first kappa shape index (κ1) is 18.4. The number of benzene rings is 2. The minimum atomic E-state index is 0.699. The van der Waals surface area contributed by atoms with Crippen LogP contribution in [0.1, 0.15) is 34.2 Å². The average Bonchev–Trinajstić information content (AvgIpc) is 2.91. The van der Waals surface area contributed by atoms with Gasteiger partial charge >= 0.3 is 0 Å². The molecule has 0 fully saturated rings. The Hall–Kier alpha value is -1.35. The lowest BCUT2D eigenvalue weighted by molar-refractivity contribution is -0.597. The van der Waals surface area contributed by atoms with Gasteiger partial charge in [0, 0.05) is 28.6 Å². The first-order valence-corrected chi connectivity index (χ1v) is 10.1. The predicted octanol–water partition coefficient (Wildman–Crippen LogP) is 6.30. The van der Waals surface area contributed by atoms with Gasteiger partial charge in [0.25, 0.3) is 0 Å². The van der Waals surface area contributed by atoms with Crippen molar-refractivity contribution in [1.29, 1.82) is 0 Å². The van der Waals surface area contributed by atoms with Crippen LogP contribution in [0.4, 0.5) is 0 Å². The maximum Gasteiger partial charge on any atom is 0.231 e. The van der Waals surface area contributed by atoms with E-state index in [1.54, 1.807) is 17.4 Å². The summed E-state index contributed by atoms with van der Waals surface area (Å²) in [7, 11) is 0. The molecule has 2 aromatic carbocycles. The third kappa shape index (κ3) is 4.25. The summed E-state index contributed by atoms with van der Waals surface area (Å²) in [4.78, 5) is 1.36. The number of aryl methyl sites for hydroxylation is 4. The highest BCUT2D eigenvalue weighted by Gasteiger charge is 2.18. The van der Waals surface area contributed by atoms with Crippen molar-refractivity contribution in [2.75, 3.05) is 0 Å². The summed E-state index contributed by atoms with van der Waals surface area (Å²) in [6.07, 6.45) is 2.93. The first-order valence-electron chi connectivity index (χ1n) is 8.51. The van der Waals surface area contributed by atoms with Crippen molar-refractivity contribution in [1.82, 2.24) is 0 Å². The number of thiazole rings is 1. The Morgan fingerprint density at radius 3 is 2.20 bits per heavy atom. The smallest absolute Gasteiger partial charge is 0.154 e. The molecule has 0 amide bonds. The van der Waals surface area contributed by atoms with Gasteiger partial charge in [-0.05, 0) is 55.5 Å². The summed E-state index contributed by atoms with van der Waals surface area (Å²) >= 11 is 14.0.